The van der Waals surface area contributed by atoms with Crippen molar-refractivity contribution in [2.75, 3.05) is 13.7 Å². The molecule has 0 amide bonds. The average Bonchev–Trinajstić information content (AvgIpc) is 2.99. The van der Waals surface area contributed by atoms with E-state index in [0.717, 1.165) is 19.4 Å². The van der Waals surface area contributed by atoms with Crippen molar-refractivity contribution in [3.63, 3.8) is 0 Å². The third kappa shape index (κ3) is 1.69. The number of para-hydroxylation sites is 1. The maximum absolute atomic E-state index is 12.5. The molecule has 3 saturated heterocycles. The standard InChI is InChI=1S/C20H22N2O2/c1-3-11-10-22-16-9-14-12-6-4-5-7-15(12)21-19(14)17(22)8-13(11)18(16)20(23)24-2/h3-7,13,16-18,21H,8-10H2,1-2H3/b11-3-/t13-,16?,17+,18?/m1/s1. The van der Waals surface area contributed by atoms with Crippen molar-refractivity contribution in [3.8, 4) is 0 Å². The van der Waals surface area contributed by atoms with E-state index in [9.17, 15) is 4.79 Å². The number of nitrogens with one attached hydrogen (secondary N) is 1. The Morgan fingerprint density at radius 1 is 1.38 bits per heavy atom. The van der Waals surface area contributed by atoms with Gasteiger partial charge in [0.15, 0.2) is 0 Å². The Morgan fingerprint density at radius 2 is 2.21 bits per heavy atom. The van der Waals surface area contributed by atoms with Crippen LogP contribution in [0.1, 0.15) is 30.6 Å². The summed E-state index contributed by atoms with van der Waals surface area (Å²) in [4.78, 5) is 18.8. The lowest BCUT2D eigenvalue weighted by atomic mass is 9.64. The van der Waals surface area contributed by atoms with E-state index < -0.39 is 0 Å². The topological polar surface area (TPSA) is 45.3 Å². The number of carbonyl (C=O) groups is 1. The molecule has 5 atom stereocenters. The fourth-order valence-corrected chi connectivity index (χ4v) is 5.39. The molecule has 24 heavy (non-hydrogen) atoms. The number of hydrogen-bond acceptors (Lipinski definition) is 3. The molecule has 0 saturated carbocycles. The molecule has 1 aromatic heterocycles. The van der Waals surface area contributed by atoms with Gasteiger partial charge in [0, 0.05) is 29.2 Å². The van der Waals surface area contributed by atoms with Crippen molar-refractivity contribution >= 4 is 16.9 Å². The molecular weight excluding hydrogens is 300 g/mol. The van der Waals surface area contributed by atoms with Gasteiger partial charge in [0.05, 0.1) is 19.1 Å². The maximum Gasteiger partial charge on any atom is 0.310 e. The zero-order valence-corrected chi connectivity index (χ0v) is 14.1. The zero-order chi connectivity index (χ0) is 16.4. The number of rotatable bonds is 1. The van der Waals surface area contributed by atoms with Gasteiger partial charge in [-0.05, 0) is 37.3 Å². The molecule has 3 fully saturated rings. The van der Waals surface area contributed by atoms with Crippen molar-refractivity contribution in [3.05, 3.63) is 47.2 Å². The van der Waals surface area contributed by atoms with E-state index in [1.54, 1.807) is 0 Å². The molecule has 4 aliphatic rings. The summed E-state index contributed by atoms with van der Waals surface area (Å²) < 4.78 is 5.18. The highest BCUT2D eigenvalue weighted by molar-refractivity contribution is 5.86. The van der Waals surface area contributed by atoms with E-state index >= 15 is 0 Å². The van der Waals surface area contributed by atoms with Crippen LogP contribution < -0.4 is 0 Å². The molecule has 0 spiro atoms. The Bertz CT molecular complexity index is 866. The second-order valence-electron chi connectivity index (χ2n) is 7.28. The number of nitrogens with zero attached hydrogens (tertiary/aromatic N) is 1. The molecule has 1 aromatic carbocycles. The smallest absolute Gasteiger partial charge is 0.310 e. The SMILES string of the molecule is C/C=C1/CN2C3Cc4c([nH]c5ccccc45)[C@@H]2C[C@H]1C3C(=O)OC. The fourth-order valence-electron chi connectivity index (χ4n) is 5.39. The maximum atomic E-state index is 12.5. The van der Waals surface area contributed by atoms with E-state index in [1.807, 2.05) is 0 Å². The minimum absolute atomic E-state index is 0.0342. The first-order valence-electron chi connectivity index (χ1n) is 8.81. The van der Waals surface area contributed by atoms with Gasteiger partial charge in [-0.15, -0.1) is 0 Å². The number of aromatic nitrogens is 1. The third-order valence-electron chi connectivity index (χ3n) is 6.43. The van der Waals surface area contributed by atoms with E-state index in [1.165, 1.54) is 34.8 Å². The number of piperidine rings is 3. The van der Waals surface area contributed by atoms with Gasteiger partial charge in [-0.25, -0.2) is 0 Å². The zero-order valence-electron chi connectivity index (χ0n) is 14.1. The molecule has 0 radical (unpaired) electrons. The van der Waals surface area contributed by atoms with Crippen LogP contribution in [0.2, 0.25) is 0 Å². The van der Waals surface area contributed by atoms with Crippen molar-refractivity contribution in [2.45, 2.75) is 31.8 Å². The number of fused-ring (bicyclic) bond motifs is 4. The van der Waals surface area contributed by atoms with Gasteiger partial charge in [0.2, 0.25) is 0 Å². The van der Waals surface area contributed by atoms with Crippen LogP contribution in [-0.4, -0.2) is 35.5 Å². The summed E-state index contributed by atoms with van der Waals surface area (Å²) in [7, 11) is 1.52. The Balaban J connectivity index is 1.67. The summed E-state index contributed by atoms with van der Waals surface area (Å²) in [6.45, 7) is 3.08. The third-order valence-corrected chi connectivity index (χ3v) is 6.43. The minimum atomic E-state index is -0.0456. The van der Waals surface area contributed by atoms with Gasteiger partial charge in [-0.3, -0.25) is 9.69 Å². The van der Waals surface area contributed by atoms with E-state index in [2.05, 4.69) is 47.1 Å². The highest BCUT2D eigenvalue weighted by Gasteiger charge is 2.55. The number of hydrogen-bond donors (Lipinski definition) is 1. The van der Waals surface area contributed by atoms with Crippen LogP contribution in [0, 0.1) is 11.8 Å². The average molecular weight is 322 g/mol. The van der Waals surface area contributed by atoms with Gasteiger partial charge >= 0.3 is 5.97 Å². The summed E-state index contributed by atoms with van der Waals surface area (Å²) in [5.74, 6) is 0.241. The van der Waals surface area contributed by atoms with Crippen molar-refractivity contribution in [1.29, 1.82) is 0 Å². The summed E-state index contributed by atoms with van der Waals surface area (Å²) in [6, 6.07) is 9.20. The monoisotopic (exact) mass is 322 g/mol. The number of H-pyrrole nitrogens is 1. The van der Waals surface area contributed by atoms with Crippen molar-refractivity contribution in [1.82, 2.24) is 9.88 Å². The van der Waals surface area contributed by atoms with Crippen molar-refractivity contribution < 1.29 is 9.53 Å². The van der Waals surface area contributed by atoms with Gasteiger partial charge in [-0.1, -0.05) is 29.8 Å². The van der Waals surface area contributed by atoms with Crippen LogP contribution in [-0.2, 0) is 16.0 Å². The van der Waals surface area contributed by atoms with Crippen molar-refractivity contribution in [2.24, 2.45) is 11.8 Å². The first-order valence-corrected chi connectivity index (χ1v) is 8.81. The Kier molecular flexibility index (Phi) is 2.95. The fraction of sp³-hybridized carbons (Fsp3) is 0.450. The van der Waals surface area contributed by atoms with Gasteiger partial charge in [0.1, 0.15) is 0 Å². The Morgan fingerprint density at radius 3 is 3.00 bits per heavy atom. The number of allylic oxidation sites excluding steroid dienone is 1. The molecule has 0 aliphatic carbocycles. The Hall–Kier alpha value is -2.07. The lowest BCUT2D eigenvalue weighted by Crippen LogP contribution is -2.62. The van der Waals surface area contributed by atoms with Gasteiger partial charge < -0.3 is 9.72 Å². The Labute approximate surface area is 141 Å². The molecular formula is C20H22N2O2. The van der Waals surface area contributed by atoms with Crippen LogP contribution in [0.5, 0.6) is 0 Å². The molecule has 4 bridgehead atoms. The van der Waals surface area contributed by atoms with Crippen LogP contribution in [0.4, 0.5) is 0 Å². The molecule has 4 aliphatic heterocycles. The van der Waals surface area contributed by atoms with Crippen LogP contribution in [0.15, 0.2) is 35.9 Å². The number of esters is 1. The first-order chi connectivity index (χ1) is 11.7. The second kappa shape index (κ2) is 4.96. The molecule has 4 nitrogen and oxygen atoms in total. The molecule has 1 N–H and O–H groups in total. The number of methoxy groups -OCH3 is 1. The minimum Gasteiger partial charge on any atom is -0.469 e. The molecule has 5 heterocycles. The molecule has 124 valence electrons. The van der Waals surface area contributed by atoms with Gasteiger partial charge in [0.25, 0.3) is 0 Å². The normalized spacial score (nSPS) is 35.2. The van der Waals surface area contributed by atoms with E-state index in [4.69, 9.17) is 4.74 Å². The quantitative estimate of drug-likeness (QED) is 0.648. The second-order valence-corrected chi connectivity index (χ2v) is 7.28. The van der Waals surface area contributed by atoms with Crippen LogP contribution in [0.3, 0.4) is 0 Å². The van der Waals surface area contributed by atoms with E-state index in [-0.39, 0.29) is 17.9 Å². The summed E-state index contributed by atoms with van der Waals surface area (Å²) in [5.41, 5.74) is 5.40. The lowest BCUT2D eigenvalue weighted by molar-refractivity contribution is -0.157. The lowest BCUT2D eigenvalue weighted by Gasteiger charge is -2.57. The predicted octanol–water partition coefficient (Wildman–Crippen LogP) is 3.20. The highest BCUT2D eigenvalue weighted by Crippen LogP contribution is 2.54. The number of ether oxygens (including phenoxy) is 1. The number of aromatic amines is 1. The number of carbonyl (C=O) groups excluding carboxylic acids is 1. The summed E-state index contributed by atoms with van der Waals surface area (Å²) >= 11 is 0. The predicted molar refractivity (Wildman–Crippen MR) is 92.6 cm³/mol. The molecule has 4 heteroatoms. The van der Waals surface area contributed by atoms with Crippen LogP contribution >= 0.6 is 0 Å². The highest BCUT2D eigenvalue weighted by atomic mass is 16.5. The van der Waals surface area contributed by atoms with Crippen LogP contribution in [0.25, 0.3) is 10.9 Å². The summed E-state index contributed by atoms with van der Waals surface area (Å²) in [6.07, 6.45) is 4.15. The molecule has 3 unspecified atom stereocenters. The summed E-state index contributed by atoms with van der Waals surface area (Å²) in [5, 5.41) is 1.32. The first kappa shape index (κ1) is 14.3. The molecule has 6 rings (SSSR count). The largest absolute Gasteiger partial charge is 0.469 e. The molecule has 2 aromatic rings. The van der Waals surface area contributed by atoms with Gasteiger partial charge in [-0.2, -0.15) is 0 Å². The van der Waals surface area contributed by atoms with E-state index in [0.29, 0.717) is 12.0 Å². The number of benzene rings is 1.